The van der Waals surface area contributed by atoms with E-state index in [0.717, 1.165) is 16.9 Å². The molecule has 1 aromatic carbocycles. The largest absolute Gasteiger partial charge is 0.392 e. The van der Waals surface area contributed by atoms with Gasteiger partial charge in [-0.05, 0) is 19.9 Å². The summed E-state index contributed by atoms with van der Waals surface area (Å²) < 4.78 is 0. The van der Waals surface area contributed by atoms with E-state index in [1.807, 2.05) is 36.9 Å². The van der Waals surface area contributed by atoms with Crippen molar-refractivity contribution in [2.45, 2.75) is 26.5 Å². The number of carbonyl (C=O) groups is 1. The van der Waals surface area contributed by atoms with Crippen molar-refractivity contribution in [2.24, 2.45) is 0 Å². The first kappa shape index (κ1) is 11.0. The zero-order valence-electron chi connectivity index (χ0n) is 9.53. The summed E-state index contributed by atoms with van der Waals surface area (Å²) in [6.45, 7) is 4.41. The van der Waals surface area contributed by atoms with Gasteiger partial charge in [0.1, 0.15) is 0 Å². The van der Waals surface area contributed by atoms with Crippen molar-refractivity contribution in [3.8, 4) is 0 Å². The average molecular weight is 220 g/mol. The minimum Gasteiger partial charge on any atom is -0.392 e. The third-order valence-electron chi connectivity index (χ3n) is 2.79. The molecule has 86 valence electrons. The summed E-state index contributed by atoms with van der Waals surface area (Å²) in [5.41, 5.74) is 2.59. The van der Waals surface area contributed by atoms with Crippen LogP contribution in [0, 0.1) is 0 Å². The first-order valence-corrected chi connectivity index (χ1v) is 5.42. The molecule has 0 aliphatic carbocycles. The lowest BCUT2D eigenvalue weighted by atomic mass is 10.1. The predicted octanol–water partition coefficient (Wildman–Crippen LogP) is 1.35. The maximum absolute atomic E-state index is 11.5. The highest BCUT2D eigenvalue weighted by Crippen LogP contribution is 2.34. The number of fused-ring (bicyclic) bond motifs is 1. The third-order valence-corrected chi connectivity index (χ3v) is 2.79. The van der Waals surface area contributed by atoms with Crippen LogP contribution in [0.2, 0.25) is 0 Å². The van der Waals surface area contributed by atoms with E-state index in [9.17, 15) is 9.90 Å². The number of carbonyl (C=O) groups excluding carboxylic acids is 1. The van der Waals surface area contributed by atoms with Gasteiger partial charge in [-0.3, -0.25) is 4.79 Å². The standard InChI is InChI=1S/C12H16N2O2/c1-8(2)14-6-11(16)13-10-5-3-4-9(7-15)12(10)14/h3-5,8,15H,6-7H2,1-2H3,(H,13,16). The number of para-hydroxylation sites is 1. The van der Waals surface area contributed by atoms with Crippen LogP contribution in [-0.2, 0) is 11.4 Å². The molecule has 16 heavy (non-hydrogen) atoms. The van der Waals surface area contributed by atoms with E-state index in [4.69, 9.17) is 0 Å². The van der Waals surface area contributed by atoms with Crippen molar-refractivity contribution in [3.63, 3.8) is 0 Å². The Kier molecular flexibility index (Phi) is 2.83. The van der Waals surface area contributed by atoms with Gasteiger partial charge in [0.2, 0.25) is 5.91 Å². The Bertz CT molecular complexity index is 415. The number of nitrogens with one attached hydrogen (secondary N) is 1. The van der Waals surface area contributed by atoms with Gasteiger partial charge >= 0.3 is 0 Å². The highest BCUT2D eigenvalue weighted by Gasteiger charge is 2.25. The number of anilines is 2. The molecule has 0 unspecified atom stereocenters. The van der Waals surface area contributed by atoms with E-state index >= 15 is 0 Å². The van der Waals surface area contributed by atoms with Crippen LogP contribution >= 0.6 is 0 Å². The van der Waals surface area contributed by atoms with Gasteiger partial charge < -0.3 is 15.3 Å². The summed E-state index contributed by atoms with van der Waals surface area (Å²) in [6.07, 6.45) is 0. The van der Waals surface area contributed by atoms with Gasteiger partial charge in [0.25, 0.3) is 0 Å². The SMILES string of the molecule is CC(C)N1CC(=O)Nc2cccc(CO)c21. The average Bonchev–Trinajstić information content (AvgIpc) is 2.26. The molecule has 4 nitrogen and oxygen atoms in total. The second-order valence-corrected chi connectivity index (χ2v) is 4.24. The van der Waals surface area contributed by atoms with Crippen LogP contribution in [0.1, 0.15) is 19.4 Å². The van der Waals surface area contributed by atoms with Crippen molar-refractivity contribution < 1.29 is 9.90 Å². The van der Waals surface area contributed by atoms with Crippen LogP contribution in [0.25, 0.3) is 0 Å². The first-order valence-electron chi connectivity index (χ1n) is 5.42. The van der Waals surface area contributed by atoms with Crippen LogP contribution in [0.15, 0.2) is 18.2 Å². The normalized spacial score (nSPS) is 15.0. The lowest BCUT2D eigenvalue weighted by Gasteiger charge is -2.35. The van der Waals surface area contributed by atoms with E-state index in [-0.39, 0.29) is 18.6 Å². The van der Waals surface area contributed by atoms with Crippen molar-refractivity contribution in [2.75, 3.05) is 16.8 Å². The molecule has 0 bridgehead atoms. The molecule has 0 fully saturated rings. The fourth-order valence-electron chi connectivity index (χ4n) is 2.02. The van der Waals surface area contributed by atoms with Crippen LogP contribution in [0.3, 0.4) is 0 Å². The molecular weight excluding hydrogens is 204 g/mol. The molecule has 0 saturated heterocycles. The summed E-state index contributed by atoms with van der Waals surface area (Å²) in [6, 6.07) is 5.82. The summed E-state index contributed by atoms with van der Waals surface area (Å²) >= 11 is 0. The highest BCUT2D eigenvalue weighted by atomic mass is 16.3. The molecule has 2 N–H and O–H groups in total. The van der Waals surface area contributed by atoms with Crippen LogP contribution < -0.4 is 10.2 Å². The Balaban J connectivity index is 2.53. The van der Waals surface area contributed by atoms with E-state index in [2.05, 4.69) is 5.32 Å². The number of rotatable bonds is 2. The number of hydrogen-bond acceptors (Lipinski definition) is 3. The molecule has 1 heterocycles. The summed E-state index contributed by atoms with van der Waals surface area (Å²) in [5.74, 6) is -0.00344. The van der Waals surface area contributed by atoms with Gasteiger partial charge in [-0.1, -0.05) is 12.1 Å². The lowest BCUT2D eigenvalue weighted by molar-refractivity contribution is -0.115. The number of aliphatic hydroxyl groups excluding tert-OH is 1. The van der Waals surface area contributed by atoms with Crippen LogP contribution in [-0.4, -0.2) is 23.6 Å². The van der Waals surface area contributed by atoms with Gasteiger partial charge in [-0.2, -0.15) is 0 Å². The van der Waals surface area contributed by atoms with Gasteiger partial charge in [-0.15, -0.1) is 0 Å². The third kappa shape index (κ3) is 1.76. The Hall–Kier alpha value is -1.55. The molecule has 1 amide bonds. The van der Waals surface area contributed by atoms with Crippen LogP contribution in [0.5, 0.6) is 0 Å². The van der Waals surface area contributed by atoms with Crippen molar-refractivity contribution in [3.05, 3.63) is 23.8 Å². The second kappa shape index (κ2) is 4.14. The molecule has 0 atom stereocenters. The zero-order valence-corrected chi connectivity index (χ0v) is 9.53. The molecule has 4 heteroatoms. The fourth-order valence-corrected chi connectivity index (χ4v) is 2.02. The van der Waals surface area contributed by atoms with E-state index in [0.29, 0.717) is 6.54 Å². The van der Waals surface area contributed by atoms with Gasteiger partial charge in [0.15, 0.2) is 0 Å². The molecule has 1 aromatic rings. The maximum Gasteiger partial charge on any atom is 0.243 e. The predicted molar refractivity (Wildman–Crippen MR) is 63.5 cm³/mol. The number of nitrogens with zero attached hydrogens (tertiary/aromatic N) is 1. The summed E-state index contributed by atoms with van der Waals surface area (Å²) in [5, 5.41) is 12.1. The lowest BCUT2D eigenvalue weighted by Crippen LogP contribution is -2.42. The number of amides is 1. The molecule has 0 saturated carbocycles. The topological polar surface area (TPSA) is 52.6 Å². The van der Waals surface area contributed by atoms with Gasteiger partial charge in [0.05, 0.1) is 24.5 Å². The van der Waals surface area contributed by atoms with Crippen molar-refractivity contribution in [1.29, 1.82) is 0 Å². The Morgan fingerprint density at radius 1 is 1.50 bits per heavy atom. The zero-order chi connectivity index (χ0) is 11.7. The fraction of sp³-hybridized carbons (Fsp3) is 0.417. The monoisotopic (exact) mass is 220 g/mol. The number of aliphatic hydroxyl groups is 1. The molecule has 1 aliphatic rings. The molecule has 0 aromatic heterocycles. The Labute approximate surface area is 94.9 Å². The maximum atomic E-state index is 11.5. The van der Waals surface area contributed by atoms with Gasteiger partial charge in [0, 0.05) is 11.6 Å². The summed E-state index contributed by atoms with van der Waals surface area (Å²) in [4.78, 5) is 13.5. The van der Waals surface area contributed by atoms with E-state index in [1.165, 1.54) is 0 Å². The molecule has 2 rings (SSSR count). The van der Waals surface area contributed by atoms with E-state index in [1.54, 1.807) is 0 Å². The quantitative estimate of drug-likeness (QED) is 0.791. The number of benzene rings is 1. The van der Waals surface area contributed by atoms with Crippen molar-refractivity contribution >= 4 is 17.3 Å². The molecular formula is C12H16N2O2. The second-order valence-electron chi connectivity index (χ2n) is 4.24. The van der Waals surface area contributed by atoms with Gasteiger partial charge in [-0.25, -0.2) is 0 Å². The molecule has 0 spiro atoms. The molecule has 0 radical (unpaired) electrons. The van der Waals surface area contributed by atoms with Crippen LogP contribution in [0.4, 0.5) is 11.4 Å². The number of hydrogen-bond donors (Lipinski definition) is 2. The minimum atomic E-state index is -0.0116. The Morgan fingerprint density at radius 2 is 2.25 bits per heavy atom. The Morgan fingerprint density at radius 3 is 2.88 bits per heavy atom. The minimum absolute atomic E-state index is 0.00344. The first-order chi connectivity index (χ1) is 7.63. The highest BCUT2D eigenvalue weighted by molar-refractivity contribution is 6.01. The smallest absolute Gasteiger partial charge is 0.243 e. The van der Waals surface area contributed by atoms with E-state index < -0.39 is 0 Å². The van der Waals surface area contributed by atoms with Crippen molar-refractivity contribution in [1.82, 2.24) is 0 Å². The summed E-state index contributed by atoms with van der Waals surface area (Å²) in [7, 11) is 0. The molecule has 1 aliphatic heterocycles.